The van der Waals surface area contributed by atoms with Gasteiger partial charge in [-0.3, -0.25) is 15.0 Å². The van der Waals surface area contributed by atoms with Gasteiger partial charge in [0.1, 0.15) is 5.71 Å². The molecule has 1 amide bonds. The van der Waals surface area contributed by atoms with Crippen LogP contribution in [-0.4, -0.2) is 42.7 Å². The van der Waals surface area contributed by atoms with Crippen molar-refractivity contribution >= 4 is 26.8 Å². The number of ether oxygens (including phenoxy) is 1. The van der Waals surface area contributed by atoms with Gasteiger partial charge in [0.15, 0.2) is 0 Å². The van der Waals surface area contributed by atoms with Crippen molar-refractivity contribution in [3.05, 3.63) is 11.4 Å². The van der Waals surface area contributed by atoms with Gasteiger partial charge >= 0.3 is 5.97 Å². The third-order valence-corrected chi connectivity index (χ3v) is 3.35. The minimum Gasteiger partial charge on any atom is -0.469 e. The fourth-order valence-corrected chi connectivity index (χ4v) is 2.29. The predicted octanol–water partition coefficient (Wildman–Crippen LogP) is 1.59. The molecule has 1 atom stereocenters. The van der Waals surface area contributed by atoms with E-state index in [2.05, 4.69) is 14.0 Å². The summed E-state index contributed by atoms with van der Waals surface area (Å²) in [7, 11) is 3.85. The van der Waals surface area contributed by atoms with Gasteiger partial charge in [-0.2, -0.15) is 0 Å². The summed E-state index contributed by atoms with van der Waals surface area (Å²) in [6.07, 6.45) is 3.55. The van der Waals surface area contributed by atoms with Gasteiger partial charge in [-0.25, -0.2) is 0 Å². The van der Waals surface area contributed by atoms with E-state index in [9.17, 15) is 9.59 Å². The molecule has 1 fully saturated rings. The molecular formula is C13H21N2O3P. The summed E-state index contributed by atoms with van der Waals surface area (Å²) in [5, 5.41) is 8.56. The average Bonchev–Trinajstić information content (AvgIpc) is 2.37. The fraction of sp³-hybridized carbons (Fsp3) is 0.615. The molecule has 1 unspecified atom stereocenters. The Kier molecular flexibility index (Phi) is 6.16. The molecule has 0 saturated carbocycles. The predicted molar refractivity (Wildman–Crippen MR) is 77.1 cm³/mol. The SMILES string of the molecule is COC(=O)CC1CCN(C(=O)C(=N)/C=C(/C)P)CC1. The fourth-order valence-electron chi connectivity index (χ4n) is 2.12. The lowest BCUT2D eigenvalue weighted by molar-refractivity contribution is -0.142. The van der Waals surface area contributed by atoms with E-state index in [4.69, 9.17) is 5.41 Å². The van der Waals surface area contributed by atoms with Crippen LogP contribution in [0.1, 0.15) is 26.2 Å². The molecule has 1 aliphatic rings. The summed E-state index contributed by atoms with van der Waals surface area (Å²) in [6, 6.07) is 0. The zero-order valence-electron chi connectivity index (χ0n) is 11.4. The van der Waals surface area contributed by atoms with Crippen LogP contribution >= 0.6 is 9.24 Å². The Morgan fingerprint density at radius 1 is 1.42 bits per heavy atom. The van der Waals surface area contributed by atoms with Crippen molar-refractivity contribution in [2.45, 2.75) is 26.2 Å². The number of hydrogen-bond donors (Lipinski definition) is 1. The van der Waals surface area contributed by atoms with Gasteiger partial charge in [0, 0.05) is 19.5 Å². The Balaban J connectivity index is 2.45. The highest BCUT2D eigenvalue weighted by molar-refractivity contribution is 7.22. The maximum Gasteiger partial charge on any atom is 0.305 e. The van der Waals surface area contributed by atoms with E-state index in [1.807, 2.05) is 6.92 Å². The molecule has 0 radical (unpaired) electrons. The van der Waals surface area contributed by atoms with E-state index >= 15 is 0 Å². The highest BCUT2D eigenvalue weighted by Crippen LogP contribution is 2.21. The normalized spacial score (nSPS) is 17.2. The molecule has 0 aromatic carbocycles. The number of rotatable bonds is 4. The van der Waals surface area contributed by atoms with Crippen molar-refractivity contribution in [3.63, 3.8) is 0 Å². The van der Waals surface area contributed by atoms with Crippen LogP contribution in [0, 0.1) is 11.3 Å². The molecule has 0 aromatic rings. The number of nitrogens with zero attached hydrogens (tertiary/aromatic N) is 1. The average molecular weight is 284 g/mol. The quantitative estimate of drug-likeness (QED) is 0.484. The summed E-state index contributed by atoms with van der Waals surface area (Å²) in [5.41, 5.74) is 0.0129. The van der Waals surface area contributed by atoms with Gasteiger partial charge in [0.05, 0.1) is 7.11 Å². The molecular weight excluding hydrogens is 263 g/mol. The summed E-state index contributed by atoms with van der Waals surface area (Å²) in [4.78, 5) is 24.8. The van der Waals surface area contributed by atoms with E-state index in [1.165, 1.54) is 7.11 Å². The highest BCUT2D eigenvalue weighted by Gasteiger charge is 2.25. The van der Waals surface area contributed by atoms with Crippen molar-refractivity contribution in [2.75, 3.05) is 20.2 Å². The molecule has 0 spiro atoms. The smallest absolute Gasteiger partial charge is 0.305 e. The zero-order valence-corrected chi connectivity index (χ0v) is 12.6. The molecule has 0 aliphatic carbocycles. The maximum absolute atomic E-state index is 12.0. The monoisotopic (exact) mass is 284 g/mol. The van der Waals surface area contributed by atoms with Crippen LogP contribution in [0.25, 0.3) is 0 Å². The first-order valence-electron chi connectivity index (χ1n) is 6.32. The van der Waals surface area contributed by atoms with Gasteiger partial charge in [-0.05, 0) is 31.8 Å². The Morgan fingerprint density at radius 2 is 2.00 bits per heavy atom. The van der Waals surface area contributed by atoms with Gasteiger partial charge in [0.25, 0.3) is 5.91 Å². The summed E-state index contributed by atoms with van der Waals surface area (Å²) >= 11 is 0. The standard InChI is InChI=1S/C13H21N2O3P/c1-9(19)7-11(14)13(17)15-5-3-10(4-6-15)8-12(16)18-2/h7,10,14H,3-6,8,19H2,1-2H3/b9-7-,14-11?. The second-order valence-electron chi connectivity index (χ2n) is 4.82. The van der Waals surface area contributed by atoms with E-state index < -0.39 is 0 Å². The molecule has 5 nitrogen and oxygen atoms in total. The number of esters is 1. The van der Waals surface area contributed by atoms with E-state index in [0.717, 1.165) is 18.2 Å². The van der Waals surface area contributed by atoms with E-state index in [1.54, 1.807) is 11.0 Å². The lowest BCUT2D eigenvalue weighted by Gasteiger charge is -2.31. The van der Waals surface area contributed by atoms with E-state index in [0.29, 0.717) is 19.5 Å². The number of piperidine rings is 1. The van der Waals surface area contributed by atoms with Gasteiger partial charge in [0.2, 0.25) is 0 Å². The minimum atomic E-state index is -0.238. The van der Waals surface area contributed by atoms with Crippen molar-refractivity contribution in [1.82, 2.24) is 4.90 Å². The van der Waals surface area contributed by atoms with Crippen LogP contribution in [0.3, 0.4) is 0 Å². The molecule has 1 heterocycles. The van der Waals surface area contributed by atoms with Crippen molar-refractivity contribution in [2.24, 2.45) is 5.92 Å². The minimum absolute atomic E-state index is 0.0129. The number of methoxy groups -OCH3 is 1. The highest BCUT2D eigenvalue weighted by atomic mass is 31.0. The number of hydrogen-bond acceptors (Lipinski definition) is 4. The summed E-state index contributed by atoms with van der Waals surface area (Å²) in [6.45, 7) is 3.04. The number of amides is 1. The first-order chi connectivity index (χ1) is 8.93. The van der Waals surface area contributed by atoms with Crippen LogP contribution in [-0.2, 0) is 14.3 Å². The Hall–Kier alpha value is -1.22. The maximum atomic E-state index is 12.0. The van der Waals surface area contributed by atoms with Crippen molar-refractivity contribution < 1.29 is 14.3 Å². The molecule has 1 saturated heterocycles. The molecule has 106 valence electrons. The van der Waals surface area contributed by atoms with Crippen LogP contribution in [0.15, 0.2) is 11.4 Å². The lowest BCUT2D eigenvalue weighted by atomic mass is 9.93. The van der Waals surface area contributed by atoms with Crippen LogP contribution in [0.4, 0.5) is 0 Å². The molecule has 0 bridgehead atoms. The molecule has 19 heavy (non-hydrogen) atoms. The zero-order chi connectivity index (χ0) is 14.4. The first-order valence-corrected chi connectivity index (χ1v) is 6.90. The Labute approximate surface area is 116 Å². The largest absolute Gasteiger partial charge is 0.469 e. The summed E-state index contributed by atoms with van der Waals surface area (Å²) in [5.74, 6) is -0.151. The molecule has 1 rings (SSSR count). The second-order valence-corrected chi connectivity index (χ2v) is 5.73. The van der Waals surface area contributed by atoms with Crippen LogP contribution in [0.2, 0.25) is 0 Å². The van der Waals surface area contributed by atoms with Gasteiger partial charge in [-0.1, -0.05) is 5.31 Å². The number of carbonyl (C=O) groups is 2. The molecule has 1 N–H and O–H groups in total. The van der Waals surface area contributed by atoms with Crippen molar-refractivity contribution in [3.8, 4) is 0 Å². The Morgan fingerprint density at radius 3 is 2.47 bits per heavy atom. The van der Waals surface area contributed by atoms with Gasteiger partial charge in [-0.15, -0.1) is 9.24 Å². The topological polar surface area (TPSA) is 70.5 Å². The number of nitrogens with one attached hydrogen (secondary N) is 1. The van der Waals surface area contributed by atoms with Crippen LogP contribution < -0.4 is 0 Å². The number of likely N-dealkylation sites (tertiary alicyclic amines) is 1. The second kappa shape index (κ2) is 7.39. The third-order valence-electron chi connectivity index (χ3n) is 3.19. The number of carbonyl (C=O) groups excluding carboxylic acids is 2. The van der Waals surface area contributed by atoms with Crippen LogP contribution in [0.5, 0.6) is 0 Å². The lowest BCUT2D eigenvalue weighted by Crippen LogP contribution is -2.41. The molecule has 1 aliphatic heterocycles. The molecule has 0 aromatic heterocycles. The Bertz CT molecular complexity index is 395. The van der Waals surface area contributed by atoms with Gasteiger partial charge < -0.3 is 9.64 Å². The summed E-state index contributed by atoms with van der Waals surface area (Å²) < 4.78 is 4.65. The number of allylic oxidation sites excluding steroid dienone is 1. The van der Waals surface area contributed by atoms with Crippen molar-refractivity contribution in [1.29, 1.82) is 5.41 Å². The third kappa shape index (κ3) is 5.11. The van der Waals surface area contributed by atoms with E-state index in [-0.39, 0.29) is 23.5 Å². The first kappa shape index (κ1) is 15.8. The molecule has 6 heteroatoms.